The van der Waals surface area contributed by atoms with Crippen molar-refractivity contribution in [2.75, 3.05) is 4.90 Å². The molecular weight excluding hydrogens is 318 g/mol. The average molecular weight is 343 g/mol. The second kappa shape index (κ2) is 7.43. The first-order chi connectivity index (χ1) is 11.6. The molecule has 128 valence electrons. The van der Waals surface area contributed by atoms with E-state index in [1.54, 1.807) is 0 Å². The molecule has 1 fully saturated rings. The molecule has 3 rings (SSSR count). The molecule has 0 atom stereocenters. The van der Waals surface area contributed by atoms with Crippen LogP contribution in [0.4, 0.5) is 5.13 Å². The van der Waals surface area contributed by atoms with Gasteiger partial charge in [-0.05, 0) is 39.7 Å². The van der Waals surface area contributed by atoms with Gasteiger partial charge in [0.05, 0.1) is 0 Å². The molecule has 1 aromatic carbocycles. The lowest BCUT2D eigenvalue weighted by Crippen LogP contribution is -2.41. The fraction of sp³-hybridized carbons (Fsp3) is 0.526. The number of amides is 1. The van der Waals surface area contributed by atoms with Gasteiger partial charge in [0.25, 0.3) is 0 Å². The Kier molecular flexibility index (Phi) is 5.29. The second-order valence-corrected chi connectivity index (χ2v) is 7.85. The standard InChI is InChI=1S/C19H25N3OS/c1-13(2)22(18(23)15-9-5-4-6-10-15)19-21-20-17(24-19)16-11-7-8-14(3)12-16/h7-8,11-13,15H,4-6,9-10H2,1-3H3. The molecule has 0 radical (unpaired) electrons. The van der Waals surface area contributed by atoms with Crippen molar-refractivity contribution in [1.82, 2.24) is 10.2 Å². The van der Waals surface area contributed by atoms with E-state index in [1.165, 1.54) is 23.3 Å². The molecule has 0 spiro atoms. The van der Waals surface area contributed by atoms with Crippen LogP contribution in [0.5, 0.6) is 0 Å². The minimum Gasteiger partial charge on any atom is -0.284 e. The monoisotopic (exact) mass is 343 g/mol. The van der Waals surface area contributed by atoms with Crippen molar-refractivity contribution >= 4 is 22.4 Å². The molecule has 24 heavy (non-hydrogen) atoms. The van der Waals surface area contributed by atoms with Gasteiger partial charge in [-0.2, -0.15) is 0 Å². The smallest absolute Gasteiger partial charge is 0.232 e. The number of rotatable bonds is 4. The Hall–Kier alpha value is -1.75. The van der Waals surface area contributed by atoms with Gasteiger partial charge in [-0.25, -0.2) is 0 Å². The topological polar surface area (TPSA) is 46.1 Å². The molecule has 5 heteroatoms. The molecule has 1 amide bonds. The molecule has 0 saturated heterocycles. The molecular formula is C19H25N3OS. The number of hydrogen-bond donors (Lipinski definition) is 0. The van der Waals surface area contributed by atoms with Gasteiger partial charge in [0, 0.05) is 17.5 Å². The van der Waals surface area contributed by atoms with E-state index < -0.39 is 0 Å². The van der Waals surface area contributed by atoms with E-state index in [2.05, 4.69) is 43.1 Å². The third kappa shape index (κ3) is 3.66. The summed E-state index contributed by atoms with van der Waals surface area (Å²) < 4.78 is 0. The number of nitrogens with zero attached hydrogens (tertiary/aromatic N) is 3. The zero-order valence-electron chi connectivity index (χ0n) is 14.7. The Morgan fingerprint density at radius 1 is 1.21 bits per heavy atom. The minimum absolute atomic E-state index is 0.0951. The first kappa shape index (κ1) is 17.1. The van der Waals surface area contributed by atoms with Crippen molar-refractivity contribution in [1.29, 1.82) is 0 Å². The van der Waals surface area contributed by atoms with E-state index >= 15 is 0 Å². The first-order valence-corrected chi connectivity index (χ1v) is 9.61. The van der Waals surface area contributed by atoms with Gasteiger partial charge in [-0.3, -0.25) is 9.69 Å². The van der Waals surface area contributed by atoms with Crippen LogP contribution in [0.2, 0.25) is 0 Å². The summed E-state index contributed by atoms with van der Waals surface area (Å²) in [5.41, 5.74) is 2.26. The van der Waals surface area contributed by atoms with E-state index in [9.17, 15) is 4.79 Å². The van der Waals surface area contributed by atoms with Crippen LogP contribution in [0.25, 0.3) is 10.6 Å². The highest BCUT2D eigenvalue weighted by Gasteiger charge is 2.30. The van der Waals surface area contributed by atoms with Crippen LogP contribution in [0, 0.1) is 12.8 Å². The van der Waals surface area contributed by atoms with Crippen molar-refractivity contribution in [2.24, 2.45) is 5.92 Å². The van der Waals surface area contributed by atoms with Crippen LogP contribution in [0.15, 0.2) is 24.3 Å². The van der Waals surface area contributed by atoms with Gasteiger partial charge in [0.1, 0.15) is 5.01 Å². The molecule has 1 aromatic heterocycles. The number of anilines is 1. The van der Waals surface area contributed by atoms with Gasteiger partial charge in [0.15, 0.2) is 0 Å². The maximum absolute atomic E-state index is 13.0. The number of hydrogen-bond acceptors (Lipinski definition) is 4. The van der Waals surface area contributed by atoms with Crippen LogP contribution in [-0.4, -0.2) is 22.1 Å². The van der Waals surface area contributed by atoms with E-state index in [0.29, 0.717) is 0 Å². The van der Waals surface area contributed by atoms with Gasteiger partial charge < -0.3 is 0 Å². The predicted molar refractivity (Wildman–Crippen MR) is 99.3 cm³/mol. The summed E-state index contributed by atoms with van der Waals surface area (Å²) >= 11 is 1.51. The molecule has 0 unspecified atom stereocenters. The summed E-state index contributed by atoms with van der Waals surface area (Å²) in [6.45, 7) is 6.17. The second-order valence-electron chi connectivity index (χ2n) is 6.90. The molecule has 4 nitrogen and oxygen atoms in total. The molecule has 0 bridgehead atoms. The Morgan fingerprint density at radius 2 is 1.96 bits per heavy atom. The quantitative estimate of drug-likeness (QED) is 0.798. The number of aromatic nitrogens is 2. The summed E-state index contributed by atoms with van der Waals surface area (Å²) in [6.07, 6.45) is 5.58. The number of carbonyl (C=O) groups is 1. The average Bonchev–Trinajstić information content (AvgIpc) is 3.05. The molecule has 0 N–H and O–H groups in total. The van der Waals surface area contributed by atoms with Gasteiger partial charge in [-0.15, -0.1) is 10.2 Å². The summed E-state index contributed by atoms with van der Waals surface area (Å²) in [7, 11) is 0. The third-order valence-corrected chi connectivity index (χ3v) is 5.57. The Morgan fingerprint density at radius 3 is 2.62 bits per heavy atom. The van der Waals surface area contributed by atoms with Crippen molar-refractivity contribution in [3.63, 3.8) is 0 Å². The van der Waals surface area contributed by atoms with Crippen LogP contribution in [0.3, 0.4) is 0 Å². The first-order valence-electron chi connectivity index (χ1n) is 8.80. The summed E-state index contributed by atoms with van der Waals surface area (Å²) in [4.78, 5) is 14.9. The van der Waals surface area contributed by atoms with E-state index in [-0.39, 0.29) is 17.9 Å². The summed E-state index contributed by atoms with van der Waals surface area (Å²) in [5, 5.41) is 10.3. The van der Waals surface area contributed by atoms with Crippen LogP contribution in [-0.2, 0) is 4.79 Å². The third-order valence-electron chi connectivity index (χ3n) is 4.59. The lowest BCUT2D eigenvalue weighted by Gasteiger charge is -2.29. The highest BCUT2D eigenvalue weighted by molar-refractivity contribution is 7.18. The fourth-order valence-corrected chi connectivity index (χ4v) is 4.30. The van der Waals surface area contributed by atoms with Crippen molar-refractivity contribution < 1.29 is 4.79 Å². The number of benzene rings is 1. The highest BCUT2D eigenvalue weighted by Crippen LogP contribution is 2.33. The minimum atomic E-state index is 0.0951. The van der Waals surface area contributed by atoms with E-state index in [1.807, 2.05) is 17.0 Å². The predicted octanol–water partition coefficient (Wildman–Crippen LogP) is 4.84. The van der Waals surface area contributed by atoms with Crippen molar-refractivity contribution in [2.45, 2.75) is 58.9 Å². The zero-order valence-corrected chi connectivity index (χ0v) is 15.5. The highest BCUT2D eigenvalue weighted by atomic mass is 32.1. The van der Waals surface area contributed by atoms with Crippen molar-refractivity contribution in [3.8, 4) is 10.6 Å². The van der Waals surface area contributed by atoms with Gasteiger partial charge in [0.2, 0.25) is 11.0 Å². The van der Waals surface area contributed by atoms with Crippen molar-refractivity contribution in [3.05, 3.63) is 29.8 Å². The van der Waals surface area contributed by atoms with Gasteiger partial charge in [-0.1, -0.05) is 54.4 Å². The lowest BCUT2D eigenvalue weighted by molar-refractivity contribution is -0.123. The maximum Gasteiger partial charge on any atom is 0.232 e. The number of carbonyl (C=O) groups excluding carboxylic acids is 1. The van der Waals surface area contributed by atoms with Crippen LogP contribution < -0.4 is 4.90 Å². The Bertz CT molecular complexity index is 704. The Balaban J connectivity index is 1.85. The zero-order chi connectivity index (χ0) is 17.1. The molecule has 2 aromatic rings. The summed E-state index contributed by atoms with van der Waals surface area (Å²) in [5.74, 6) is 0.365. The molecule has 1 aliphatic carbocycles. The number of aryl methyl sites for hydroxylation is 1. The summed E-state index contributed by atoms with van der Waals surface area (Å²) in [6, 6.07) is 8.34. The molecule has 1 saturated carbocycles. The largest absolute Gasteiger partial charge is 0.284 e. The maximum atomic E-state index is 13.0. The Labute approximate surface area is 147 Å². The van der Waals surface area contributed by atoms with E-state index in [4.69, 9.17) is 0 Å². The SMILES string of the molecule is Cc1cccc(-c2nnc(N(C(=O)C3CCCCC3)C(C)C)s2)c1. The van der Waals surface area contributed by atoms with Crippen LogP contribution >= 0.6 is 11.3 Å². The fourth-order valence-electron chi connectivity index (χ4n) is 3.32. The molecule has 1 heterocycles. The van der Waals surface area contributed by atoms with E-state index in [0.717, 1.165) is 41.4 Å². The van der Waals surface area contributed by atoms with Gasteiger partial charge >= 0.3 is 0 Å². The lowest BCUT2D eigenvalue weighted by atomic mass is 9.88. The van der Waals surface area contributed by atoms with Crippen LogP contribution in [0.1, 0.15) is 51.5 Å². The molecule has 1 aliphatic rings. The molecule has 0 aliphatic heterocycles. The normalized spacial score (nSPS) is 15.7.